The van der Waals surface area contributed by atoms with Gasteiger partial charge in [0.05, 0.1) is 22.8 Å². The van der Waals surface area contributed by atoms with Gasteiger partial charge in [0.1, 0.15) is 0 Å². The lowest BCUT2D eigenvalue weighted by atomic mass is 9.80. The van der Waals surface area contributed by atoms with Crippen LogP contribution in [0.4, 0.5) is 11.4 Å². The molecule has 0 unspecified atom stereocenters. The molecule has 1 aliphatic rings. The van der Waals surface area contributed by atoms with Gasteiger partial charge in [0, 0.05) is 17.8 Å². The number of nitrogens with zero attached hydrogens (tertiary/aromatic N) is 2. The van der Waals surface area contributed by atoms with E-state index in [0.29, 0.717) is 11.3 Å². The fourth-order valence-corrected chi connectivity index (χ4v) is 3.44. The van der Waals surface area contributed by atoms with E-state index in [-0.39, 0.29) is 23.4 Å². The van der Waals surface area contributed by atoms with Gasteiger partial charge in [-0.3, -0.25) is 14.9 Å². The first-order chi connectivity index (χ1) is 12.5. The van der Waals surface area contributed by atoms with Crippen molar-refractivity contribution in [3.63, 3.8) is 0 Å². The summed E-state index contributed by atoms with van der Waals surface area (Å²) in [6, 6.07) is 15.9. The van der Waals surface area contributed by atoms with Crippen molar-refractivity contribution in [2.24, 2.45) is 0 Å². The molecular formula is C20H19N3O3. The monoisotopic (exact) mass is 349 g/mol. The maximum atomic E-state index is 12.2. The molecule has 6 nitrogen and oxygen atoms in total. The summed E-state index contributed by atoms with van der Waals surface area (Å²) in [4.78, 5) is 22.3. The number of nitro benzene ring substituents is 1. The quantitative estimate of drug-likeness (QED) is 0.649. The van der Waals surface area contributed by atoms with Crippen LogP contribution in [0.2, 0.25) is 0 Å². The lowest BCUT2D eigenvalue weighted by molar-refractivity contribution is -0.384. The van der Waals surface area contributed by atoms with Gasteiger partial charge < -0.3 is 5.32 Å². The summed E-state index contributed by atoms with van der Waals surface area (Å²) in [6.07, 6.45) is 4.05. The maximum absolute atomic E-state index is 12.2. The van der Waals surface area contributed by atoms with Crippen molar-refractivity contribution >= 4 is 17.3 Å². The molecule has 1 saturated carbocycles. The van der Waals surface area contributed by atoms with E-state index in [1.165, 1.54) is 12.1 Å². The molecule has 1 amide bonds. The fraction of sp³-hybridized carbons (Fsp3) is 0.300. The molecule has 0 atom stereocenters. The van der Waals surface area contributed by atoms with E-state index in [9.17, 15) is 20.2 Å². The lowest BCUT2D eigenvalue weighted by Gasteiger charge is -2.20. The zero-order valence-electron chi connectivity index (χ0n) is 14.3. The maximum Gasteiger partial charge on any atom is 0.269 e. The molecule has 0 saturated heterocycles. The minimum Gasteiger partial charge on any atom is -0.326 e. The average Bonchev–Trinajstić information content (AvgIpc) is 3.13. The minimum absolute atomic E-state index is 0.00285. The van der Waals surface area contributed by atoms with Crippen LogP contribution in [0, 0.1) is 21.4 Å². The largest absolute Gasteiger partial charge is 0.326 e. The number of nitro groups is 1. The molecule has 6 heteroatoms. The van der Waals surface area contributed by atoms with Crippen LogP contribution >= 0.6 is 0 Å². The summed E-state index contributed by atoms with van der Waals surface area (Å²) in [6.45, 7) is 0. The normalized spacial score (nSPS) is 15.2. The number of carbonyl (C=O) groups excluding carboxylic acids is 1. The Bertz CT molecular complexity index is 845. The molecule has 0 radical (unpaired) electrons. The van der Waals surface area contributed by atoms with Crippen LogP contribution in [0.5, 0.6) is 0 Å². The van der Waals surface area contributed by atoms with E-state index in [0.717, 1.165) is 31.2 Å². The van der Waals surface area contributed by atoms with Gasteiger partial charge in [-0.05, 0) is 36.1 Å². The van der Waals surface area contributed by atoms with Gasteiger partial charge >= 0.3 is 0 Å². The number of non-ortho nitro benzene ring substituents is 1. The van der Waals surface area contributed by atoms with E-state index in [4.69, 9.17) is 0 Å². The summed E-state index contributed by atoms with van der Waals surface area (Å²) in [7, 11) is 0. The fourth-order valence-electron chi connectivity index (χ4n) is 3.44. The second-order valence-corrected chi connectivity index (χ2v) is 6.63. The number of amides is 1. The van der Waals surface area contributed by atoms with Crippen molar-refractivity contribution in [3.05, 3.63) is 69.8 Å². The third-order valence-electron chi connectivity index (χ3n) is 4.90. The Morgan fingerprint density at radius 2 is 1.73 bits per heavy atom. The topological polar surface area (TPSA) is 96.0 Å². The molecule has 132 valence electrons. The molecule has 0 bridgehead atoms. The van der Waals surface area contributed by atoms with Gasteiger partial charge in [0.2, 0.25) is 5.91 Å². The van der Waals surface area contributed by atoms with E-state index in [1.54, 1.807) is 12.1 Å². The molecule has 3 rings (SSSR count). The Labute approximate surface area is 151 Å². The number of anilines is 1. The Morgan fingerprint density at radius 3 is 2.27 bits per heavy atom. The van der Waals surface area contributed by atoms with Crippen LogP contribution < -0.4 is 5.32 Å². The molecule has 0 spiro atoms. The zero-order valence-corrected chi connectivity index (χ0v) is 14.3. The zero-order chi connectivity index (χ0) is 18.6. The third-order valence-corrected chi connectivity index (χ3v) is 4.90. The average molecular weight is 349 g/mol. The molecule has 1 N–H and O–H groups in total. The van der Waals surface area contributed by atoms with Gasteiger partial charge in [-0.1, -0.05) is 37.1 Å². The Balaban J connectivity index is 1.63. The first-order valence-electron chi connectivity index (χ1n) is 8.57. The van der Waals surface area contributed by atoms with E-state index >= 15 is 0 Å². The van der Waals surface area contributed by atoms with Crippen LogP contribution in [0.1, 0.15) is 36.8 Å². The number of hydrogen-bond donors (Lipinski definition) is 1. The van der Waals surface area contributed by atoms with Crippen LogP contribution in [-0.2, 0) is 16.6 Å². The van der Waals surface area contributed by atoms with Crippen molar-refractivity contribution < 1.29 is 9.72 Å². The third kappa shape index (κ3) is 3.72. The first-order valence-corrected chi connectivity index (χ1v) is 8.57. The van der Waals surface area contributed by atoms with E-state index in [1.807, 2.05) is 24.3 Å². The highest BCUT2D eigenvalue weighted by Crippen LogP contribution is 2.40. The highest BCUT2D eigenvalue weighted by Gasteiger charge is 2.35. The summed E-state index contributed by atoms with van der Waals surface area (Å²) < 4.78 is 0. The Hall–Kier alpha value is -3.20. The number of nitrogens with one attached hydrogen (secondary N) is 1. The van der Waals surface area contributed by atoms with Crippen LogP contribution in [0.25, 0.3) is 0 Å². The van der Waals surface area contributed by atoms with Crippen molar-refractivity contribution in [2.45, 2.75) is 37.5 Å². The highest BCUT2D eigenvalue weighted by molar-refractivity contribution is 5.92. The van der Waals surface area contributed by atoms with Crippen molar-refractivity contribution in [1.29, 1.82) is 5.26 Å². The molecule has 0 heterocycles. The van der Waals surface area contributed by atoms with E-state index in [2.05, 4.69) is 11.4 Å². The number of carbonyl (C=O) groups is 1. The standard InChI is InChI=1S/C20H19N3O3/c21-14-20(11-1-2-12-20)16-5-7-17(8-6-16)22-19(24)13-15-3-9-18(10-4-15)23(25)26/h3-10H,1-2,11-13H2,(H,22,24). The number of rotatable bonds is 5. The molecule has 0 aromatic heterocycles. The minimum atomic E-state index is -0.468. The number of benzene rings is 2. The molecular weight excluding hydrogens is 330 g/mol. The molecule has 26 heavy (non-hydrogen) atoms. The number of nitriles is 1. The van der Waals surface area contributed by atoms with Gasteiger partial charge in [-0.2, -0.15) is 5.26 Å². The van der Waals surface area contributed by atoms with Gasteiger partial charge in [0.15, 0.2) is 0 Å². The van der Waals surface area contributed by atoms with Crippen LogP contribution in [0.3, 0.4) is 0 Å². The summed E-state index contributed by atoms with van der Waals surface area (Å²) in [5, 5.41) is 23.0. The second kappa shape index (κ2) is 7.36. The predicted molar refractivity (Wildman–Crippen MR) is 97.6 cm³/mol. The summed E-state index contributed by atoms with van der Waals surface area (Å²) in [5.74, 6) is -0.192. The Morgan fingerprint density at radius 1 is 1.12 bits per heavy atom. The second-order valence-electron chi connectivity index (χ2n) is 6.63. The predicted octanol–water partition coefficient (Wildman–Crippen LogP) is 4.11. The van der Waals surface area contributed by atoms with Crippen molar-refractivity contribution in [1.82, 2.24) is 0 Å². The van der Waals surface area contributed by atoms with Gasteiger partial charge in [0.25, 0.3) is 5.69 Å². The molecule has 0 aliphatic heterocycles. The lowest BCUT2D eigenvalue weighted by Crippen LogP contribution is -2.19. The van der Waals surface area contributed by atoms with Crippen molar-refractivity contribution in [3.8, 4) is 6.07 Å². The smallest absolute Gasteiger partial charge is 0.269 e. The molecule has 1 aliphatic carbocycles. The van der Waals surface area contributed by atoms with Gasteiger partial charge in [-0.25, -0.2) is 0 Å². The molecule has 2 aromatic carbocycles. The summed E-state index contributed by atoms with van der Waals surface area (Å²) >= 11 is 0. The first kappa shape index (κ1) is 17.6. The molecule has 1 fully saturated rings. The number of hydrogen-bond acceptors (Lipinski definition) is 4. The van der Waals surface area contributed by atoms with Crippen LogP contribution in [-0.4, -0.2) is 10.8 Å². The summed E-state index contributed by atoms with van der Waals surface area (Å²) in [5.41, 5.74) is 2.00. The van der Waals surface area contributed by atoms with Crippen LogP contribution in [0.15, 0.2) is 48.5 Å². The van der Waals surface area contributed by atoms with Crippen molar-refractivity contribution in [2.75, 3.05) is 5.32 Å². The van der Waals surface area contributed by atoms with E-state index < -0.39 is 4.92 Å². The van der Waals surface area contributed by atoms with Gasteiger partial charge in [-0.15, -0.1) is 0 Å². The Kier molecular flexibility index (Phi) is 4.99. The highest BCUT2D eigenvalue weighted by atomic mass is 16.6. The molecule has 2 aromatic rings. The SMILES string of the molecule is N#CC1(c2ccc(NC(=O)Cc3ccc([N+](=O)[O-])cc3)cc2)CCCC1.